The van der Waals surface area contributed by atoms with Gasteiger partial charge in [0.05, 0.1) is 0 Å². The number of piperazine rings is 1. The molecule has 18 heavy (non-hydrogen) atoms. The van der Waals surface area contributed by atoms with Crippen molar-refractivity contribution in [1.29, 1.82) is 0 Å². The standard InChI is InChI=1S/C13H27N3O2/c1-12(2,3)16-9-7-15(8-10-16)6-5-13(4,14)11(17)18/h5-10,14H2,1-4H3,(H,17,18). The van der Waals surface area contributed by atoms with E-state index in [1.807, 2.05) is 0 Å². The molecule has 0 spiro atoms. The first-order chi connectivity index (χ1) is 8.13. The summed E-state index contributed by atoms with van der Waals surface area (Å²) in [6.07, 6.45) is 0.498. The summed E-state index contributed by atoms with van der Waals surface area (Å²) in [6, 6.07) is 0. The Morgan fingerprint density at radius 1 is 1.17 bits per heavy atom. The number of carboxylic acids is 1. The molecular formula is C13H27N3O2. The molecule has 5 nitrogen and oxygen atoms in total. The van der Waals surface area contributed by atoms with Gasteiger partial charge in [-0.1, -0.05) is 0 Å². The summed E-state index contributed by atoms with van der Waals surface area (Å²) in [4.78, 5) is 15.7. The van der Waals surface area contributed by atoms with Gasteiger partial charge in [-0.05, 0) is 34.1 Å². The predicted molar refractivity (Wildman–Crippen MR) is 72.6 cm³/mol. The van der Waals surface area contributed by atoms with Gasteiger partial charge in [0, 0.05) is 38.3 Å². The molecule has 1 unspecified atom stereocenters. The number of rotatable bonds is 4. The van der Waals surface area contributed by atoms with Gasteiger partial charge in [0.1, 0.15) is 5.54 Å². The molecule has 1 aliphatic heterocycles. The van der Waals surface area contributed by atoms with Crippen LogP contribution in [-0.2, 0) is 4.79 Å². The van der Waals surface area contributed by atoms with Gasteiger partial charge in [0.2, 0.25) is 0 Å². The van der Waals surface area contributed by atoms with Gasteiger partial charge in [-0.25, -0.2) is 0 Å². The minimum Gasteiger partial charge on any atom is -0.480 e. The molecule has 1 fully saturated rings. The van der Waals surface area contributed by atoms with Gasteiger partial charge in [0.15, 0.2) is 0 Å². The van der Waals surface area contributed by atoms with Crippen molar-refractivity contribution in [1.82, 2.24) is 9.80 Å². The smallest absolute Gasteiger partial charge is 0.323 e. The number of nitrogens with zero attached hydrogens (tertiary/aromatic N) is 2. The van der Waals surface area contributed by atoms with Crippen LogP contribution in [0.4, 0.5) is 0 Å². The molecule has 3 N–H and O–H groups in total. The van der Waals surface area contributed by atoms with E-state index < -0.39 is 11.5 Å². The van der Waals surface area contributed by atoms with Gasteiger partial charge in [-0.3, -0.25) is 9.69 Å². The van der Waals surface area contributed by atoms with Gasteiger partial charge in [-0.2, -0.15) is 0 Å². The lowest BCUT2D eigenvalue weighted by atomic mass is 9.99. The Labute approximate surface area is 110 Å². The molecule has 106 valence electrons. The first-order valence-corrected chi connectivity index (χ1v) is 6.62. The Balaban J connectivity index is 2.35. The Hall–Kier alpha value is -0.650. The molecule has 0 radical (unpaired) electrons. The van der Waals surface area contributed by atoms with Crippen molar-refractivity contribution in [2.75, 3.05) is 32.7 Å². The molecule has 0 aromatic rings. The second-order valence-corrected chi connectivity index (χ2v) is 6.47. The van der Waals surface area contributed by atoms with E-state index in [9.17, 15) is 4.79 Å². The van der Waals surface area contributed by atoms with Gasteiger partial charge >= 0.3 is 5.97 Å². The van der Waals surface area contributed by atoms with Crippen molar-refractivity contribution in [2.24, 2.45) is 5.73 Å². The third-order valence-electron chi connectivity index (χ3n) is 3.76. The maximum Gasteiger partial charge on any atom is 0.323 e. The number of carbonyl (C=O) groups is 1. The molecule has 0 aliphatic carbocycles. The molecule has 0 amide bonds. The van der Waals surface area contributed by atoms with Crippen LogP contribution < -0.4 is 5.73 Å². The van der Waals surface area contributed by atoms with Crippen molar-refractivity contribution in [3.8, 4) is 0 Å². The zero-order valence-electron chi connectivity index (χ0n) is 12.1. The third kappa shape index (κ3) is 4.23. The molecule has 1 saturated heterocycles. The van der Waals surface area contributed by atoms with Gasteiger partial charge < -0.3 is 15.7 Å². The van der Waals surface area contributed by atoms with E-state index >= 15 is 0 Å². The fourth-order valence-corrected chi connectivity index (χ4v) is 2.14. The molecule has 0 saturated carbocycles. The number of carboxylic acid groups (broad SMARTS) is 1. The second-order valence-electron chi connectivity index (χ2n) is 6.47. The van der Waals surface area contributed by atoms with Gasteiger partial charge in [-0.15, -0.1) is 0 Å². The van der Waals surface area contributed by atoms with Crippen LogP contribution in [0.25, 0.3) is 0 Å². The van der Waals surface area contributed by atoms with E-state index in [1.54, 1.807) is 6.92 Å². The van der Waals surface area contributed by atoms with Crippen LogP contribution in [0.1, 0.15) is 34.1 Å². The van der Waals surface area contributed by atoms with Crippen LogP contribution in [0.5, 0.6) is 0 Å². The minimum atomic E-state index is -1.11. The van der Waals surface area contributed by atoms with Crippen LogP contribution in [0.15, 0.2) is 0 Å². The van der Waals surface area contributed by atoms with Gasteiger partial charge in [0.25, 0.3) is 0 Å². The normalized spacial score (nSPS) is 22.7. The maximum absolute atomic E-state index is 10.9. The van der Waals surface area contributed by atoms with E-state index in [4.69, 9.17) is 10.8 Å². The Morgan fingerprint density at radius 3 is 2.06 bits per heavy atom. The number of nitrogens with two attached hydrogens (primary N) is 1. The van der Waals surface area contributed by atoms with E-state index in [1.165, 1.54) is 0 Å². The highest BCUT2D eigenvalue weighted by atomic mass is 16.4. The van der Waals surface area contributed by atoms with E-state index in [0.717, 1.165) is 32.7 Å². The highest BCUT2D eigenvalue weighted by Gasteiger charge is 2.30. The quantitative estimate of drug-likeness (QED) is 0.771. The highest BCUT2D eigenvalue weighted by Crippen LogP contribution is 2.16. The largest absolute Gasteiger partial charge is 0.480 e. The summed E-state index contributed by atoms with van der Waals surface area (Å²) >= 11 is 0. The Kier molecular flexibility index (Phi) is 4.75. The summed E-state index contributed by atoms with van der Waals surface area (Å²) in [5.41, 5.74) is 4.84. The maximum atomic E-state index is 10.9. The molecule has 1 aliphatic rings. The van der Waals surface area contributed by atoms with Crippen molar-refractivity contribution >= 4 is 5.97 Å². The molecule has 0 bridgehead atoms. The fourth-order valence-electron chi connectivity index (χ4n) is 2.14. The zero-order valence-corrected chi connectivity index (χ0v) is 12.1. The van der Waals surface area contributed by atoms with Crippen LogP contribution in [0.3, 0.4) is 0 Å². The summed E-state index contributed by atoms with van der Waals surface area (Å²) in [5.74, 6) is -0.921. The average Bonchev–Trinajstić information content (AvgIpc) is 2.25. The first-order valence-electron chi connectivity index (χ1n) is 6.62. The molecule has 1 atom stereocenters. The summed E-state index contributed by atoms with van der Waals surface area (Å²) < 4.78 is 0. The third-order valence-corrected chi connectivity index (χ3v) is 3.76. The Morgan fingerprint density at radius 2 is 1.67 bits per heavy atom. The fraction of sp³-hybridized carbons (Fsp3) is 0.923. The zero-order chi connectivity index (χ0) is 14.0. The Bertz CT molecular complexity index is 289. The summed E-state index contributed by atoms with van der Waals surface area (Å²) in [5, 5.41) is 8.97. The predicted octanol–water partition coefficient (Wildman–Crippen LogP) is 0.595. The first kappa shape index (κ1) is 15.4. The molecule has 1 heterocycles. The lowest BCUT2D eigenvalue weighted by molar-refractivity contribution is -0.143. The lowest BCUT2D eigenvalue weighted by Gasteiger charge is -2.42. The molecular weight excluding hydrogens is 230 g/mol. The topological polar surface area (TPSA) is 69.8 Å². The van der Waals surface area contributed by atoms with E-state index in [2.05, 4.69) is 30.6 Å². The molecule has 1 rings (SSSR count). The molecule has 0 aromatic heterocycles. The van der Waals surface area contributed by atoms with Crippen LogP contribution in [0, 0.1) is 0 Å². The van der Waals surface area contributed by atoms with E-state index in [0.29, 0.717) is 6.42 Å². The number of hydrogen-bond donors (Lipinski definition) is 2. The van der Waals surface area contributed by atoms with Crippen molar-refractivity contribution in [3.63, 3.8) is 0 Å². The van der Waals surface area contributed by atoms with Crippen molar-refractivity contribution in [3.05, 3.63) is 0 Å². The number of aliphatic carboxylic acids is 1. The monoisotopic (exact) mass is 257 g/mol. The lowest BCUT2D eigenvalue weighted by Crippen LogP contribution is -2.55. The highest BCUT2D eigenvalue weighted by molar-refractivity contribution is 5.77. The van der Waals surface area contributed by atoms with Crippen molar-refractivity contribution in [2.45, 2.75) is 45.2 Å². The van der Waals surface area contributed by atoms with Crippen LogP contribution >= 0.6 is 0 Å². The van der Waals surface area contributed by atoms with Crippen LogP contribution in [-0.4, -0.2) is 64.7 Å². The minimum absolute atomic E-state index is 0.218. The second kappa shape index (κ2) is 5.55. The van der Waals surface area contributed by atoms with Crippen LogP contribution in [0.2, 0.25) is 0 Å². The average molecular weight is 257 g/mol. The SMILES string of the molecule is CC(N)(CCN1CCN(C(C)(C)C)CC1)C(=O)O. The summed E-state index contributed by atoms with van der Waals surface area (Å²) in [7, 11) is 0. The molecule has 5 heteroatoms. The number of hydrogen-bond acceptors (Lipinski definition) is 4. The molecule has 0 aromatic carbocycles. The summed E-state index contributed by atoms with van der Waals surface area (Å²) in [6.45, 7) is 13.1. The van der Waals surface area contributed by atoms with E-state index in [-0.39, 0.29) is 5.54 Å². The van der Waals surface area contributed by atoms with Crippen molar-refractivity contribution < 1.29 is 9.90 Å².